The van der Waals surface area contributed by atoms with Gasteiger partial charge in [0.2, 0.25) is 0 Å². The monoisotopic (exact) mass is 356 g/mol. The first-order chi connectivity index (χ1) is 10.3. The second-order valence-electron chi connectivity index (χ2n) is 4.81. The molecule has 3 heterocycles. The lowest BCUT2D eigenvalue weighted by Gasteiger charge is -2.13. The van der Waals surface area contributed by atoms with Crippen molar-refractivity contribution in [3.8, 4) is 11.3 Å². The molecule has 0 bridgehead atoms. The molecule has 0 spiro atoms. The molecule has 2 aromatic rings. The highest BCUT2D eigenvalue weighted by molar-refractivity contribution is 5.93. The molecule has 0 aromatic carbocycles. The summed E-state index contributed by atoms with van der Waals surface area (Å²) in [4.78, 5) is 16.0. The number of nitrogens with zero attached hydrogens (tertiary/aromatic N) is 2. The molecule has 0 saturated heterocycles. The van der Waals surface area contributed by atoms with E-state index in [0.29, 0.717) is 12.3 Å². The Morgan fingerprint density at radius 3 is 2.78 bits per heavy atom. The summed E-state index contributed by atoms with van der Waals surface area (Å²) in [6, 6.07) is 5.26. The zero-order valence-electron chi connectivity index (χ0n) is 12.3. The maximum absolute atomic E-state index is 12.0. The van der Waals surface area contributed by atoms with Crippen LogP contribution in [0.25, 0.3) is 11.3 Å². The average Bonchev–Trinajstić information content (AvgIpc) is 3.04. The van der Waals surface area contributed by atoms with Gasteiger partial charge in [0.1, 0.15) is 0 Å². The Kier molecular flexibility index (Phi) is 7.74. The predicted molar refractivity (Wildman–Crippen MR) is 92.1 cm³/mol. The van der Waals surface area contributed by atoms with Crippen molar-refractivity contribution in [3.05, 3.63) is 47.9 Å². The molecule has 2 N–H and O–H groups in total. The van der Waals surface area contributed by atoms with E-state index in [1.54, 1.807) is 18.5 Å². The van der Waals surface area contributed by atoms with Gasteiger partial charge in [-0.1, -0.05) is 16.8 Å². The third-order valence-electron chi connectivity index (χ3n) is 3.34. The highest BCUT2D eigenvalue weighted by atomic mass is 35.5. The minimum Gasteiger partial charge on any atom is -0.355 e. The average molecular weight is 357 g/mol. The summed E-state index contributed by atoms with van der Waals surface area (Å²) in [5.74, 6) is 0.335. The van der Waals surface area contributed by atoms with Crippen LogP contribution < -0.4 is 10.6 Å². The fourth-order valence-corrected chi connectivity index (χ4v) is 2.15. The molecule has 8 heteroatoms. The van der Waals surface area contributed by atoms with Crippen LogP contribution in [0.2, 0.25) is 0 Å². The number of rotatable bonds is 4. The third-order valence-corrected chi connectivity index (χ3v) is 3.34. The third kappa shape index (κ3) is 5.06. The molecular formula is C15H18Cl2N4O2. The predicted octanol–water partition coefficient (Wildman–Crippen LogP) is 2.23. The molecule has 3 rings (SSSR count). The minimum absolute atomic E-state index is 0. The lowest BCUT2D eigenvalue weighted by atomic mass is 10.1. The van der Waals surface area contributed by atoms with Crippen LogP contribution in [-0.4, -0.2) is 35.7 Å². The van der Waals surface area contributed by atoms with Crippen LogP contribution in [0.15, 0.2) is 46.8 Å². The number of amides is 1. The van der Waals surface area contributed by atoms with E-state index in [1.165, 1.54) is 5.57 Å². The normalized spacial score (nSPS) is 13.3. The van der Waals surface area contributed by atoms with E-state index in [0.717, 1.165) is 25.1 Å². The molecule has 2 aromatic heterocycles. The van der Waals surface area contributed by atoms with E-state index < -0.39 is 0 Å². The van der Waals surface area contributed by atoms with Crippen LogP contribution in [0.1, 0.15) is 16.9 Å². The number of nitrogens with one attached hydrogen (secondary N) is 2. The molecule has 0 aliphatic carbocycles. The topological polar surface area (TPSA) is 80.0 Å². The molecule has 0 saturated carbocycles. The number of hydrogen-bond donors (Lipinski definition) is 2. The molecule has 1 amide bonds. The summed E-state index contributed by atoms with van der Waals surface area (Å²) >= 11 is 0. The van der Waals surface area contributed by atoms with Crippen molar-refractivity contribution in [2.75, 3.05) is 19.6 Å². The largest absolute Gasteiger partial charge is 0.355 e. The van der Waals surface area contributed by atoms with Gasteiger partial charge in [0, 0.05) is 37.1 Å². The van der Waals surface area contributed by atoms with Gasteiger partial charge in [-0.15, -0.1) is 24.8 Å². The highest BCUT2D eigenvalue weighted by Gasteiger charge is 2.14. The Hall–Kier alpha value is -1.89. The summed E-state index contributed by atoms with van der Waals surface area (Å²) < 4.78 is 5.20. The van der Waals surface area contributed by atoms with Gasteiger partial charge in [-0.3, -0.25) is 9.78 Å². The molecular weight excluding hydrogens is 339 g/mol. The van der Waals surface area contributed by atoms with Crippen molar-refractivity contribution in [1.29, 1.82) is 0 Å². The summed E-state index contributed by atoms with van der Waals surface area (Å²) in [6.45, 7) is 2.37. The first kappa shape index (κ1) is 19.2. The molecule has 6 nitrogen and oxygen atoms in total. The molecule has 23 heavy (non-hydrogen) atoms. The Bertz CT molecular complexity index is 659. The number of halogens is 2. The van der Waals surface area contributed by atoms with E-state index in [4.69, 9.17) is 4.52 Å². The minimum atomic E-state index is -0.224. The summed E-state index contributed by atoms with van der Waals surface area (Å²) in [5, 5.41) is 9.91. The summed E-state index contributed by atoms with van der Waals surface area (Å²) in [5.41, 5.74) is 2.37. The van der Waals surface area contributed by atoms with Gasteiger partial charge in [0.15, 0.2) is 11.5 Å². The first-order valence-electron chi connectivity index (χ1n) is 6.87. The molecule has 1 aliphatic rings. The van der Waals surface area contributed by atoms with E-state index in [-0.39, 0.29) is 36.4 Å². The van der Waals surface area contributed by atoms with Crippen molar-refractivity contribution in [1.82, 2.24) is 20.8 Å². The highest BCUT2D eigenvalue weighted by Crippen LogP contribution is 2.19. The molecule has 1 aliphatic heterocycles. The van der Waals surface area contributed by atoms with Gasteiger partial charge >= 0.3 is 0 Å². The zero-order valence-corrected chi connectivity index (χ0v) is 14.0. The Labute approximate surface area is 146 Å². The van der Waals surface area contributed by atoms with Crippen molar-refractivity contribution in [3.63, 3.8) is 0 Å². The van der Waals surface area contributed by atoms with Crippen molar-refractivity contribution < 1.29 is 9.32 Å². The van der Waals surface area contributed by atoms with Gasteiger partial charge in [-0.25, -0.2) is 0 Å². The smallest absolute Gasteiger partial charge is 0.273 e. The number of carbonyl (C=O) groups is 1. The maximum Gasteiger partial charge on any atom is 0.273 e. The van der Waals surface area contributed by atoms with Crippen molar-refractivity contribution in [2.24, 2.45) is 0 Å². The van der Waals surface area contributed by atoms with E-state index in [9.17, 15) is 4.79 Å². The Morgan fingerprint density at radius 2 is 2.09 bits per heavy atom. The van der Waals surface area contributed by atoms with Crippen molar-refractivity contribution in [2.45, 2.75) is 6.42 Å². The molecule has 0 atom stereocenters. The van der Waals surface area contributed by atoms with Crippen LogP contribution in [0.5, 0.6) is 0 Å². The molecule has 0 unspecified atom stereocenters. The lowest BCUT2D eigenvalue weighted by Crippen LogP contribution is -2.29. The number of carbonyl (C=O) groups excluding carboxylic acids is 1. The van der Waals surface area contributed by atoms with E-state index in [2.05, 4.69) is 26.9 Å². The summed E-state index contributed by atoms with van der Waals surface area (Å²) in [7, 11) is 0. The fraction of sp³-hybridized carbons (Fsp3) is 0.267. The van der Waals surface area contributed by atoms with Gasteiger partial charge in [-0.2, -0.15) is 0 Å². The first-order valence-corrected chi connectivity index (χ1v) is 6.87. The second kappa shape index (κ2) is 9.29. The van der Waals surface area contributed by atoms with Crippen LogP contribution in [0.3, 0.4) is 0 Å². The van der Waals surface area contributed by atoms with Gasteiger partial charge in [0.05, 0.1) is 0 Å². The fourth-order valence-electron chi connectivity index (χ4n) is 2.15. The van der Waals surface area contributed by atoms with Gasteiger partial charge in [-0.05, 0) is 25.1 Å². The number of pyridine rings is 1. The Balaban J connectivity index is 0.00000132. The van der Waals surface area contributed by atoms with Gasteiger partial charge < -0.3 is 15.2 Å². The van der Waals surface area contributed by atoms with Crippen molar-refractivity contribution >= 4 is 30.7 Å². The zero-order chi connectivity index (χ0) is 14.5. The number of aromatic nitrogens is 2. The van der Waals surface area contributed by atoms with Crippen LogP contribution in [0, 0.1) is 0 Å². The standard InChI is InChI=1S/C15H16N4O2.2ClH/c20-15(18-10-11-1-5-16-6-2-11)13-9-14(21-19-13)12-3-7-17-8-4-12;;/h1,3-4,7-9,16H,2,5-6,10H2,(H,18,20);2*1H. The second-order valence-corrected chi connectivity index (χ2v) is 4.81. The molecule has 124 valence electrons. The quantitative estimate of drug-likeness (QED) is 0.821. The van der Waals surface area contributed by atoms with Crippen LogP contribution in [-0.2, 0) is 0 Å². The van der Waals surface area contributed by atoms with Crippen LogP contribution in [0.4, 0.5) is 0 Å². The lowest BCUT2D eigenvalue weighted by molar-refractivity contribution is 0.0947. The number of hydrogen-bond acceptors (Lipinski definition) is 5. The van der Waals surface area contributed by atoms with E-state index in [1.807, 2.05) is 12.1 Å². The summed E-state index contributed by atoms with van der Waals surface area (Å²) in [6.07, 6.45) is 6.40. The Morgan fingerprint density at radius 1 is 1.30 bits per heavy atom. The molecule has 0 fully saturated rings. The SMILES string of the molecule is Cl.Cl.O=C(NCC1=CCNCC1)c1cc(-c2ccncc2)on1. The molecule has 0 radical (unpaired) electrons. The van der Waals surface area contributed by atoms with Gasteiger partial charge in [0.25, 0.3) is 5.91 Å². The van der Waals surface area contributed by atoms with E-state index >= 15 is 0 Å². The maximum atomic E-state index is 12.0. The van der Waals surface area contributed by atoms with Crippen LogP contribution >= 0.6 is 24.8 Å².